The van der Waals surface area contributed by atoms with Crippen molar-refractivity contribution in [2.75, 3.05) is 5.32 Å². The van der Waals surface area contributed by atoms with Crippen LogP contribution in [0.3, 0.4) is 0 Å². The van der Waals surface area contributed by atoms with Crippen LogP contribution in [0.5, 0.6) is 5.75 Å². The Labute approximate surface area is 194 Å². The molecule has 4 aromatic rings. The normalized spacial score (nSPS) is 11.0. The zero-order valence-corrected chi connectivity index (χ0v) is 19.3. The molecule has 0 bridgehead atoms. The summed E-state index contributed by atoms with van der Waals surface area (Å²) in [5, 5.41) is 4.12. The lowest BCUT2D eigenvalue weighted by molar-refractivity contribution is 0.0995. The monoisotopic (exact) mass is 491 g/mol. The quantitative estimate of drug-likeness (QED) is 0.362. The second-order valence-electron chi connectivity index (χ2n) is 7.64. The number of benzene rings is 2. The molecule has 3 N–H and O–H groups in total. The lowest BCUT2D eigenvalue weighted by atomic mass is 10.0. The highest BCUT2D eigenvalue weighted by molar-refractivity contribution is 9.10. The van der Waals surface area contributed by atoms with Crippen LogP contribution in [0, 0.1) is 0 Å². The van der Waals surface area contributed by atoms with Crippen LogP contribution in [0.4, 0.5) is 11.6 Å². The number of primary amides is 1. The van der Waals surface area contributed by atoms with Gasteiger partial charge in [-0.05, 0) is 75.4 Å². The molecule has 0 radical (unpaired) electrons. The standard InChI is InChI=1S/C24H22BrN5O2/c1-14(2)16-3-5-21(19(25)11-16)30-24-28-12-17-10-18(4-6-20(17)29-24)32-13-15-7-8-27-22(9-15)23(26)31/h3-12,14H,13H2,1-2H3,(H2,26,31)(H,28,29,30). The van der Waals surface area contributed by atoms with Gasteiger partial charge in [0.15, 0.2) is 0 Å². The van der Waals surface area contributed by atoms with Crippen molar-refractivity contribution >= 4 is 44.4 Å². The number of halogens is 1. The van der Waals surface area contributed by atoms with Crippen LogP contribution in [-0.2, 0) is 6.61 Å². The number of rotatable bonds is 7. The Balaban J connectivity index is 1.47. The van der Waals surface area contributed by atoms with Gasteiger partial charge in [0.2, 0.25) is 5.95 Å². The average molecular weight is 492 g/mol. The van der Waals surface area contributed by atoms with Crippen LogP contribution >= 0.6 is 15.9 Å². The summed E-state index contributed by atoms with van der Waals surface area (Å²) in [7, 11) is 0. The fourth-order valence-corrected chi connectivity index (χ4v) is 3.63. The summed E-state index contributed by atoms with van der Waals surface area (Å²) >= 11 is 3.62. The molecule has 0 spiro atoms. The molecule has 0 aliphatic rings. The Kier molecular flexibility index (Phi) is 6.32. The van der Waals surface area contributed by atoms with Crippen molar-refractivity contribution in [1.29, 1.82) is 0 Å². The minimum Gasteiger partial charge on any atom is -0.489 e. The number of carbonyl (C=O) groups excluding carboxylic acids is 1. The van der Waals surface area contributed by atoms with Gasteiger partial charge >= 0.3 is 0 Å². The second kappa shape index (κ2) is 9.32. The third kappa shape index (κ3) is 5.03. The van der Waals surface area contributed by atoms with Gasteiger partial charge in [0.25, 0.3) is 5.91 Å². The second-order valence-corrected chi connectivity index (χ2v) is 8.49. The van der Waals surface area contributed by atoms with E-state index in [0.717, 1.165) is 26.6 Å². The van der Waals surface area contributed by atoms with Crippen molar-refractivity contribution in [2.24, 2.45) is 5.73 Å². The maximum Gasteiger partial charge on any atom is 0.267 e. The number of amides is 1. The van der Waals surface area contributed by atoms with Crippen molar-refractivity contribution in [3.05, 3.63) is 82.2 Å². The van der Waals surface area contributed by atoms with E-state index in [1.165, 1.54) is 11.8 Å². The molecule has 0 saturated heterocycles. The zero-order valence-electron chi connectivity index (χ0n) is 17.7. The van der Waals surface area contributed by atoms with Gasteiger partial charge in [-0.25, -0.2) is 9.97 Å². The maximum absolute atomic E-state index is 11.3. The number of anilines is 2. The minimum atomic E-state index is -0.568. The molecule has 1 amide bonds. The van der Waals surface area contributed by atoms with Crippen molar-refractivity contribution in [1.82, 2.24) is 15.0 Å². The summed E-state index contributed by atoms with van der Waals surface area (Å²) in [4.78, 5) is 24.2. The fraction of sp³-hybridized carbons (Fsp3) is 0.167. The Hall–Kier alpha value is -3.52. The van der Waals surface area contributed by atoms with E-state index in [-0.39, 0.29) is 12.3 Å². The van der Waals surface area contributed by atoms with Crippen LogP contribution < -0.4 is 15.8 Å². The van der Waals surface area contributed by atoms with Gasteiger partial charge in [-0.1, -0.05) is 19.9 Å². The SMILES string of the molecule is CC(C)c1ccc(Nc2ncc3cc(OCc4ccnc(C(N)=O)c4)ccc3n2)c(Br)c1. The molecule has 4 rings (SSSR count). The number of nitrogens with one attached hydrogen (secondary N) is 1. The molecular formula is C24H22BrN5O2. The first kappa shape index (κ1) is 21.7. The number of fused-ring (bicyclic) bond motifs is 1. The topological polar surface area (TPSA) is 103 Å². The molecule has 162 valence electrons. The van der Waals surface area contributed by atoms with E-state index in [1.807, 2.05) is 24.3 Å². The summed E-state index contributed by atoms with van der Waals surface area (Å²) in [5.74, 6) is 1.07. The van der Waals surface area contributed by atoms with Crippen molar-refractivity contribution in [3.8, 4) is 5.75 Å². The zero-order chi connectivity index (χ0) is 22.7. The Morgan fingerprint density at radius 2 is 1.97 bits per heavy atom. The van der Waals surface area contributed by atoms with Crippen LogP contribution in [0.25, 0.3) is 10.9 Å². The van der Waals surface area contributed by atoms with Gasteiger partial charge in [0.05, 0.1) is 11.2 Å². The summed E-state index contributed by atoms with van der Waals surface area (Å²) in [6.45, 7) is 4.61. The lowest BCUT2D eigenvalue weighted by Gasteiger charge is -2.12. The van der Waals surface area contributed by atoms with Crippen LogP contribution in [0.15, 0.2) is 65.4 Å². The van der Waals surface area contributed by atoms with E-state index >= 15 is 0 Å². The predicted molar refractivity (Wildman–Crippen MR) is 128 cm³/mol. The van der Waals surface area contributed by atoms with Gasteiger partial charge in [0.1, 0.15) is 18.1 Å². The first-order valence-electron chi connectivity index (χ1n) is 10.1. The molecule has 0 atom stereocenters. The first-order valence-corrected chi connectivity index (χ1v) is 10.9. The number of carbonyl (C=O) groups is 1. The number of hydrogen-bond acceptors (Lipinski definition) is 6. The van der Waals surface area contributed by atoms with Gasteiger partial charge in [0, 0.05) is 22.3 Å². The summed E-state index contributed by atoms with van der Waals surface area (Å²) in [6.07, 6.45) is 3.29. The average Bonchev–Trinajstić information content (AvgIpc) is 2.79. The van der Waals surface area contributed by atoms with Crippen LogP contribution in [0.2, 0.25) is 0 Å². The van der Waals surface area contributed by atoms with Crippen molar-refractivity contribution < 1.29 is 9.53 Å². The highest BCUT2D eigenvalue weighted by Crippen LogP contribution is 2.29. The van der Waals surface area contributed by atoms with E-state index in [9.17, 15) is 4.79 Å². The van der Waals surface area contributed by atoms with E-state index in [1.54, 1.807) is 18.3 Å². The molecule has 2 heterocycles. The van der Waals surface area contributed by atoms with Crippen LogP contribution in [-0.4, -0.2) is 20.9 Å². The third-order valence-corrected chi connectivity index (χ3v) is 5.60. The van der Waals surface area contributed by atoms with E-state index in [0.29, 0.717) is 17.6 Å². The molecule has 7 nitrogen and oxygen atoms in total. The maximum atomic E-state index is 11.3. The number of nitrogens with zero attached hydrogens (tertiary/aromatic N) is 3. The Morgan fingerprint density at radius 1 is 1.12 bits per heavy atom. The number of pyridine rings is 1. The smallest absolute Gasteiger partial charge is 0.267 e. The Bertz CT molecular complexity index is 1290. The Morgan fingerprint density at radius 3 is 2.72 bits per heavy atom. The highest BCUT2D eigenvalue weighted by Gasteiger charge is 2.08. The molecule has 0 fully saturated rings. The molecule has 0 unspecified atom stereocenters. The number of hydrogen-bond donors (Lipinski definition) is 2. The third-order valence-electron chi connectivity index (χ3n) is 4.94. The molecule has 2 aromatic carbocycles. The van der Waals surface area contributed by atoms with E-state index in [2.05, 4.69) is 62.2 Å². The van der Waals surface area contributed by atoms with Gasteiger partial charge in [-0.2, -0.15) is 0 Å². The minimum absolute atomic E-state index is 0.212. The molecule has 2 aromatic heterocycles. The van der Waals surface area contributed by atoms with Crippen molar-refractivity contribution in [2.45, 2.75) is 26.4 Å². The van der Waals surface area contributed by atoms with E-state index < -0.39 is 5.91 Å². The summed E-state index contributed by atoms with van der Waals surface area (Å²) in [5.41, 5.74) is 9.25. The lowest BCUT2D eigenvalue weighted by Crippen LogP contribution is -2.13. The van der Waals surface area contributed by atoms with Crippen molar-refractivity contribution in [3.63, 3.8) is 0 Å². The number of nitrogens with two attached hydrogens (primary N) is 1. The molecule has 0 aliphatic carbocycles. The molecule has 8 heteroatoms. The number of aromatic nitrogens is 3. The van der Waals surface area contributed by atoms with Crippen LogP contribution in [0.1, 0.15) is 41.4 Å². The van der Waals surface area contributed by atoms with Gasteiger partial charge < -0.3 is 15.8 Å². The van der Waals surface area contributed by atoms with Gasteiger partial charge in [-0.15, -0.1) is 0 Å². The molecular weight excluding hydrogens is 470 g/mol. The number of ether oxygens (including phenoxy) is 1. The van der Waals surface area contributed by atoms with E-state index in [4.69, 9.17) is 10.5 Å². The largest absolute Gasteiger partial charge is 0.489 e. The summed E-state index contributed by atoms with van der Waals surface area (Å²) in [6, 6.07) is 15.2. The molecule has 32 heavy (non-hydrogen) atoms. The summed E-state index contributed by atoms with van der Waals surface area (Å²) < 4.78 is 6.81. The molecule has 0 aliphatic heterocycles. The fourth-order valence-electron chi connectivity index (χ4n) is 3.14. The predicted octanol–water partition coefficient (Wildman–Crippen LogP) is 5.33. The highest BCUT2D eigenvalue weighted by atomic mass is 79.9. The first-order chi connectivity index (χ1) is 15.4. The molecule has 0 saturated carbocycles. The van der Waals surface area contributed by atoms with Gasteiger partial charge in [-0.3, -0.25) is 9.78 Å².